The van der Waals surface area contributed by atoms with Crippen LogP contribution in [0.4, 0.5) is 14.9 Å². The smallest absolute Gasteiger partial charge is 0.407 e. The Morgan fingerprint density at radius 1 is 1.24 bits per heavy atom. The van der Waals surface area contributed by atoms with E-state index in [1.807, 2.05) is 6.07 Å². The zero-order valence-corrected chi connectivity index (χ0v) is 18.9. The van der Waals surface area contributed by atoms with Crippen LogP contribution in [0.3, 0.4) is 0 Å². The van der Waals surface area contributed by atoms with E-state index in [1.165, 1.54) is 17.0 Å². The quantitative estimate of drug-likeness (QED) is 0.461. The molecular formula is C23H22ClFN4O5. The van der Waals surface area contributed by atoms with Gasteiger partial charge in [-0.3, -0.25) is 9.59 Å². The number of fused-ring (bicyclic) bond motifs is 1. The largest absolute Gasteiger partial charge is 0.410 e. The Kier molecular flexibility index (Phi) is 6.45. The van der Waals surface area contributed by atoms with Gasteiger partial charge in [-0.2, -0.15) is 0 Å². The summed E-state index contributed by atoms with van der Waals surface area (Å²) < 4.78 is 20.2. The van der Waals surface area contributed by atoms with E-state index < -0.39 is 23.6 Å². The van der Waals surface area contributed by atoms with Gasteiger partial charge in [0.05, 0.1) is 0 Å². The van der Waals surface area contributed by atoms with Crippen molar-refractivity contribution in [3.63, 3.8) is 0 Å². The molecule has 11 heteroatoms. The number of ether oxygens (including phenoxy) is 1. The van der Waals surface area contributed by atoms with E-state index in [1.54, 1.807) is 36.0 Å². The third-order valence-corrected chi connectivity index (χ3v) is 5.75. The average molecular weight is 489 g/mol. The molecule has 0 spiro atoms. The van der Waals surface area contributed by atoms with Crippen molar-refractivity contribution in [1.82, 2.24) is 15.2 Å². The number of amides is 3. The molecule has 34 heavy (non-hydrogen) atoms. The number of anilines is 1. The molecule has 2 heterocycles. The van der Waals surface area contributed by atoms with Crippen molar-refractivity contribution < 1.29 is 28.6 Å². The number of rotatable bonds is 6. The van der Waals surface area contributed by atoms with Crippen LogP contribution in [-0.2, 0) is 27.4 Å². The molecule has 0 bridgehead atoms. The van der Waals surface area contributed by atoms with Crippen LogP contribution in [-0.4, -0.2) is 47.0 Å². The number of halogens is 2. The van der Waals surface area contributed by atoms with Crippen LogP contribution in [0.5, 0.6) is 0 Å². The lowest BCUT2D eigenvalue weighted by molar-refractivity contribution is -0.175. The molecule has 1 aromatic heterocycles. The van der Waals surface area contributed by atoms with Crippen LogP contribution in [0.25, 0.3) is 10.9 Å². The zero-order chi connectivity index (χ0) is 24.5. The summed E-state index contributed by atoms with van der Waals surface area (Å²) in [5, 5.41) is 16.6. The van der Waals surface area contributed by atoms with E-state index in [4.69, 9.17) is 16.3 Å². The first-order chi connectivity index (χ1) is 16.2. The number of nitrogens with zero attached hydrogens (tertiary/aromatic N) is 2. The lowest BCUT2D eigenvalue weighted by atomic mass is 10.2. The first-order valence-electron chi connectivity index (χ1n) is 10.4. The molecule has 0 radical (unpaired) electrons. The SMILES string of the molecule is CNC(=O)Cn1ccc2cc(N3CC[C@@](O)(OC(=O)NCc4cc(F)cc(Cl)c4)C3=O)ccc21. The lowest BCUT2D eigenvalue weighted by Crippen LogP contribution is -2.46. The van der Waals surface area contributed by atoms with Crippen LogP contribution in [0.2, 0.25) is 5.02 Å². The molecule has 3 N–H and O–H groups in total. The molecule has 0 saturated carbocycles. The number of carbonyl (C=O) groups excluding carboxylic acids is 3. The minimum Gasteiger partial charge on any atom is -0.407 e. The topological polar surface area (TPSA) is 113 Å². The Hall–Kier alpha value is -3.63. The van der Waals surface area contributed by atoms with Crippen LogP contribution in [0, 0.1) is 5.82 Å². The van der Waals surface area contributed by atoms with E-state index in [-0.39, 0.29) is 37.0 Å². The summed E-state index contributed by atoms with van der Waals surface area (Å²) >= 11 is 5.79. The molecule has 2 aromatic carbocycles. The van der Waals surface area contributed by atoms with Crippen LogP contribution in [0.15, 0.2) is 48.7 Å². The van der Waals surface area contributed by atoms with Crippen molar-refractivity contribution in [3.8, 4) is 0 Å². The second kappa shape index (κ2) is 9.32. The molecule has 9 nitrogen and oxygen atoms in total. The summed E-state index contributed by atoms with van der Waals surface area (Å²) in [6, 6.07) is 10.8. The highest BCUT2D eigenvalue weighted by Crippen LogP contribution is 2.31. The van der Waals surface area contributed by atoms with Gasteiger partial charge in [0.1, 0.15) is 12.4 Å². The third kappa shape index (κ3) is 4.82. The van der Waals surface area contributed by atoms with Gasteiger partial charge in [-0.25, -0.2) is 9.18 Å². The van der Waals surface area contributed by atoms with Crippen molar-refractivity contribution in [2.75, 3.05) is 18.5 Å². The van der Waals surface area contributed by atoms with E-state index in [2.05, 4.69) is 10.6 Å². The summed E-state index contributed by atoms with van der Waals surface area (Å²) in [4.78, 5) is 38.1. The van der Waals surface area contributed by atoms with E-state index in [0.717, 1.165) is 17.0 Å². The number of hydrogen-bond donors (Lipinski definition) is 3. The van der Waals surface area contributed by atoms with Crippen molar-refractivity contribution in [1.29, 1.82) is 0 Å². The van der Waals surface area contributed by atoms with E-state index in [9.17, 15) is 23.9 Å². The minimum atomic E-state index is -2.33. The van der Waals surface area contributed by atoms with Crippen LogP contribution in [0.1, 0.15) is 12.0 Å². The molecular weight excluding hydrogens is 467 g/mol. The number of alkyl carbamates (subject to hydrolysis) is 1. The Morgan fingerprint density at radius 3 is 2.76 bits per heavy atom. The maximum absolute atomic E-state index is 13.4. The molecule has 3 aromatic rings. The number of nitrogens with one attached hydrogen (secondary N) is 2. The summed E-state index contributed by atoms with van der Waals surface area (Å²) in [7, 11) is 1.56. The second-order valence-electron chi connectivity index (χ2n) is 7.87. The van der Waals surface area contributed by atoms with Gasteiger partial charge >= 0.3 is 6.09 Å². The lowest BCUT2D eigenvalue weighted by Gasteiger charge is -2.22. The fourth-order valence-electron chi connectivity index (χ4n) is 3.83. The first kappa shape index (κ1) is 23.5. The molecule has 4 rings (SSSR count). The van der Waals surface area contributed by atoms with Crippen LogP contribution < -0.4 is 15.5 Å². The maximum Gasteiger partial charge on any atom is 0.410 e. The van der Waals surface area contributed by atoms with Gasteiger partial charge in [0, 0.05) is 54.4 Å². The maximum atomic E-state index is 13.4. The summed E-state index contributed by atoms with van der Waals surface area (Å²) in [6.07, 6.45) is 0.617. The number of hydrogen-bond acceptors (Lipinski definition) is 5. The van der Waals surface area contributed by atoms with Gasteiger partial charge in [0.25, 0.3) is 11.7 Å². The molecule has 178 valence electrons. The highest BCUT2D eigenvalue weighted by Gasteiger charge is 2.49. The molecule has 1 saturated heterocycles. The Morgan fingerprint density at radius 2 is 2.03 bits per heavy atom. The van der Waals surface area contributed by atoms with Gasteiger partial charge < -0.3 is 29.9 Å². The predicted octanol–water partition coefficient (Wildman–Crippen LogP) is 2.53. The van der Waals surface area contributed by atoms with Crippen LogP contribution >= 0.6 is 11.6 Å². The normalized spacial score (nSPS) is 17.8. The van der Waals surface area contributed by atoms with Gasteiger partial charge in [-0.05, 0) is 48.0 Å². The molecule has 0 unspecified atom stereocenters. The van der Waals surface area contributed by atoms with Crippen molar-refractivity contribution in [2.45, 2.75) is 25.3 Å². The molecule has 0 aliphatic carbocycles. The highest BCUT2D eigenvalue weighted by atomic mass is 35.5. The van der Waals surface area contributed by atoms with Crippen molar-refractivity contribution in [2.24, 2.45) is 0 Å². The second-order valence-corrected chi connectivity index (χ2v) is 8.31. The number of aliphatic hydroxyl groups is 1. The monoisotopic (exact) mass is 488 g/mol. The van der Waals surface area contributed by atoms with Crippen molar-refractivity contribution in [3.05, 3.63) is 65.1 Å². The minimum absolute atomic E-state index is 0.103. The Bertz CT molecular complexity index is 1260. The van der Waals surface area contributed by atoms with Gasteiger partial charge in [-0.15, -0.1) is 0 Å². The summed E-state index contributed by atoms with van der Waals surface area (Å²) in [6.45, 7) is 0.188. The number of benzene rings is 2. The van der Waals surface area contributed by atoms with Gasteiger partial charge in [-0.1, -0.05) is 11.6 Å². The molecule has 3 amide bonds. The predicted molar refractivity (Wildman–Crippen MR) is 123 cm³/mol. The summed E-state index contributed by atoms with van der Waals surface area (Å²) in [5.74, 6) is -3.80. The van der Waals surface area contributed by atoms with Gasteiger partial charge in [0.15, 0.2) is 0 Å². The first-order valence-corrected chi connectivity index (χ1v) is 10.8. The third-order valence-electron chi connectivity index (χ3n) is 5.53. The van der Waals surface area contributed by atoms with E-state index in [0.29, 0.717) is 11.3 Å². The fourth-order valence-corrected chi connectivity index (χ4v) is 4.07. The molecule has 1 fully saturated rings. The average Bonchev–Trinajstić information content (AvgIpc) is 3.31. The van der Waals surface area contributed by atoms with E-state index >= 15 is 0 Å². The molecule has 1 aliphatic heterocycles. The number of carbonyl (C=O) groups is 3. The fraction of sp³-hybridized carbons (Fsp3) is 0.261. The number of likely N-dealkylation sites (N-methyl/N-ethyl adjacent to an activating group) is 1. The standard InChI is InChI=1S/C23H22ClFN4O5/c1-26-20(30)13-28-6-4-15-10-18(2-3-19(15)28)29-7-5-23(33,21(29)31)34-22(32)27-12-14-8-16(24)11-17(25)9-14/h2-4,6,8-11,33H,5,7,12-13H2,1H3,(H,26,30)(H,27,32)/t23-/m1/s1. The molecule has 1 atom stereocenters. The Balaban J connectivity index is 1.42. The Labute approximate surface area is 199 Å². The summed E-state index contributed by atoms with van der Waals surface area (Å²) in [5.41, 5.74) is 1.72. The number of aromatic nitrogens is 1. The van der Waals surface area contributed by atoms with Crippen molar-refractivity contribution >= 4 is 46.1 Å². The highest BCUT2D eigenvalue weighted by molar-refractivity contribution is 6.30. The molecule has 1 aliphatic rings. The zero-order valence-electron chi connectivity index (χ0n) is 18.2. The van der Waals surface area contributed by atoms with Gasteiger partial charge in [0.2, 0.25) is 5.91 Å².